The van der Waals surface area contributed by atoms with Gasteiger partial charge in [-0.15, -0.1) is 0 Å². The Morgan fingerprint density at radius 2 is 1.94 bits per heavy atom. The lowest BCUT2D eigenvalue weighted by Gasteiger charge is -2.28. The monoisotopic (exact) mass is 237 g/mol. The number of hydrogen-bond donors (Lipinski definition) is 1. The van der Waals surface area contributed by atoms with Crippen LogP contribution in [0.25, 0.3) is 0 Å². The fourth-order valence-electron chi connectivity index (χ4n) is 2.76. The lowest BCUT2D eigenvalue weighted by molar-refractivity contribution is 0.307. The highest BCUT2D eigenvalue weighted by atomic mass is 35.5. The van der Waals surface area contributed by atoms with Gasteiger partial charge in [-0.2, -0.15) is 0 Å². The van der Waals surface area contributed by atoms with Crippen molar-refractivity contribution in [3.63, 3.8) is 0 Å². The highest BCUT2D eigenvalue weighted by Gasteiger charge is 2.22. The van der Waals surface area contributed by atoms with E-state index in [1.807, 2.05) is 12.1 Å². The Kier molecular flexibility index (Phi) is 3.88. The van der Waals surface area contributed by atoms with Crippen LogP contribution < -0.4 is 5.73 Å². The van der Waals surface area contributed by atoms with Gasteiger partial charge in [0.1, 0.15) is 0 Å². The second-order valence-corrected chi connectivity index (χ2v) is 5.36. The van der Waals surface area contributed by atoms with E-state index in [4.69, 9.17) is 17.3 Å². The van der Waals surface area contributed by atoms with Crippen LogP contribution in [-0.2, 0) is 0 Å². The second-order valence-electron chi connectivity index (χ2n) is 4.92. The quantitative estimate of drug-likeness (QED) is 0.819. The third-order valence-corrected chi connectivity index (χ3v) is 3.98. The minimum atomic E-state index is 0.192. The molecule has 1 aromatic rings. The molecule has 1 unspecified atom stereocenters. The van der Waals surface area contributed by atoms with Crippen LogP contribution in [0, 0.1) is 12.8 Å². The maximum absolute atomic E-state index is 6.38. The number of halogens is 1. The first-order chi connectivity index (χ1) is 7.68. The fourth-order valence-corrected chi connectivity index (χ4v) is 2.99. The largest absolute Gasteiger partial charge is 0.324 e. The van der Waals surface area contributed by atoms with Gasteiger partial charge in [-0.05, 0) is 48.9 Å². The van der Waals surface area contributed by atoms with Crippen LogP contribution in [0.1, 0.15) is 49.3 Å². The Balaban J connectivity index is 2.15. The summed E-state index contributed by atoms with van der Waals surface area (Å²) < 4.78 is 0. The second kappa shape index (κ2) is 5.20. The number of hydrogen-bond acceptors (Lipinski definition) is 1. The molecule has 1 fully saturated rings. The lowest BCUT2D eigenvalue weighted by atomic mass is 9.80. The maximum atomic E-state index is 6.38. The molecule has 0 radical (unpaired) electrons. The van der Waals surface area contributed by atoms with Crippen molar-refractivity contribution in [1.82, 2.24) is 0 Å². The van der Waals surface area contributed by atoms with Gasteiger partial charge in [-0.1, -0.05) is 36.9 Å². The van der Waals surface area contributed by atoms with E-state index < -0.39 is 0 Å². The zero-order valence-electron chi connectivity index (χ0n) is 9.88. The molecule has 1 aliphatic rings. The maximum Gasteiger partial charge on any atom is 0.0408 e. The normalized spacial score (nSPS) is 19.7. The molecule has 0 saturated heterocycles. The molecule has 2 heteroatoms. The molecule has 16 heavy (non-hydrogen) atoms. The van der Waals surface area contributed by atoms with Crippen LogP contribution in [-0.4, -0.2) is 0 Å². The average Bonchev–Trinajstić information content (AvgIpc) is 2.29. The van der Waals surface area contributed by atoms with Crippen molar-refractivity contribution >= 4 is 11.6 Å². The van der Waals surface area contributed by atoms with Gasteiger partial charge in [0.25, 0.3) is 0 Å². The van der Waals surface area contributed by atoms with E-state index in [0.717, 1.165) is 5.02 Å². The molecule has 1 atom stereocenters. The Morgan fingerprint density at radius 3 is 2.56 bits per heavy atom. The SMILES string of the molecule is Cc1cc(Cl)ccc1C(N)C1CCCCC1. The third-order valence-electron chi connectivity index (χ3n) is 3.75. The van der Waals surface area contributed by atoms with E-state index >= 15 is 0 Å². The molecule has 0 aromatic heterocycles. The summed E-state index contributed by atoms with van der Waals surface area (Å²) in [5.74, 6) is 0.661. The molecule has 0 spiro atoms. The summed E-state index contributed by atoms with van der Waals surface area (Å²) in [6.45, 7) is 2.10. The highest BCUT2D eigenvalue weighted by molar-refractivity contribution is 6.30. The van der Waals surface area contributed by atoms with Gasteiger partial charge in [0.05, 0.1) is 0 Å². The van der Waals surface area contributed by atoms with Gasteiger partial charge in [0, 0.05) is 11.1 Å². The lowest BCUT2D eigenvalue weighted by Crippen LogP contribution is -2.24. The van der Waals surface area contributed by atoms with Gasteiger partial charge in [0.2, 0.25) is 0 Å². The zero-order chi connectivity index (χ0) is 11.5. The van der Waals surface area contributed by atoms with Crippen molar-refractivity contribution in [2.45, 2.75) is 45.1 Å². The van der Waals surface area contributed by atoms with Gasteiger partial charge in [-0.3, -0.25) is 0 Å². The number of aryl methyl sites for hydroxylation is 1. The first kappa shape index (κ1) is 11.9. The molecule has 1 saturated carbocycles. The van der Waals surface area contributed by atoms with Gasteiger partial charge in [0.15, 0.2) is 0 Å². The summed E-state index contributed by atoms with van der Waals surface area (Å²) in [6.07, 6.45) is 6.62. The molecule has 2 N–H and O–H groups in total. The van der Waals surface area contributed by atoms with Crippen LogP contribution >= 0.6 is 11.6 Å². The molecule has 0 heterocycles. The number of rotatable bonds is 2. The minimum absolute atomic E-state index is 0.192. The van der Waals surface area contributed by atoms with Crippen LogP contribution in [0.3, 0.4) is 0 Å². The van der Waals surface area contributed by atoms with Crippen LogP contribution in [0.5, 0.6) is 0 Å². The Hall–Kier alpha value is -0.530. The molecule has 1 aromatic carbocycles. The smallest absolute Gasteiger partial charge is 0.0408 e. The van der Waals surface area contributed by atoms with Gasteiger partial charge in [-0.25, -0.2) is 0 Å². The highest BCUT2D eigenvalue weighted by Crippen LogP contribution is 2.34. The number of nitrogens with two attached hydrogens (primary N) is 1. The molecule has 1 aliphatic carbocycles. The summed E-state index contributed by atoms with van der Waals surface area (Å²) in [7, 11) is 0. The summed E-state index contributed by atoms with van der Waals surface area (Å²) in [4.78, 5) is 0. The van der Waals surface area contributed by atoms with Crippen molar-refractivity contribution in [1.29, 1.82) is 0 Å². The van der Waals surface area contributed by atoms with Crippen molar-refractivity contribution in [3.05, 3.63) is 34.3 Å². The van der Waals surface area contributed by atoms with E-state index in [1.54, 1.807) is 0 Å². The zero-order valence-corrected chi connectivity index (χ0v) is 10.6. The molecule has 0 bridgehead atoms. The van der Waals surface area contributed by atoms with E-state index in [2.05, 4.69) is 13.0 Å². The van der Waals surface area contributed by atoms with Crippen LogP contribution in [0.15, 0.2) is 18.2 Å². The standard InChI is InChI=1S/C14H20ClN/c1-10-9-12(15)7-8-13(10)14(16)11-5-3-2-4-6-11/h7-9,11,14H,2-6,16H2,1H3. The third kappa shape index (κ3) is 2.58. The summed E-state index contributed by atoms with van der Waals surface area (Å²) in [6, 6.07) is 6.25. The Morgan fingerprint density at radius 1 is 1.25 bits per heavy atom. The van der Waals surface area contributed by atoms with Gasteiger partial charge >= 0.3 is 0 Å². The van der Waals surface area contributed by atoms with E-state index in [-0.39, 0.29) is 6.04 Å². The molecule has 1 nitrogen and oxygen atoms in total. The summed E-state index contributed by atoms with van der Waals surface area (Å²) >= 11 is 5.97. The topological polar surface area (TPSA) is 26.0 Å². The molecular formula is C14H20ClN. The van der Waals surface area contributed by atoms with Crippen molar-refractivity contribution in [3.8, 4) is 0 Å². The fraction of sp³-hybridized carbons (Fsp3) is 0.571. The van der Waals surface area contributed by atoms with Crippen LogP contribution in [0.2, 0.25) is 5.02 Å². The molecular weight excluding hydrogens is 218 g/mol. The molecule has 0 aliphatic heterocycles. The molecule has 2 rings (SSSR count). The minimum Gasteiger partial charge on any atom is -0.324 e. The average molecular weight is 238 g/mol. The summed E-state index contributed by atoms with van der Waals surface area (Å²) in [5, 5.41) is 0.803. The number of benzene rings is 1. The van der Waals surface area contributed by atoms with Crippen LogP contribution in [0.4, 0.5) is 0 Å². The van der Waals surface area contributed by atoms with Crippen molar-refractivity contribution in [2.75, 3.05) is 0 Å². The van der Waals surface area contributed by atoms with E-state index in [0.29, 0.717) is 5.92 Å². The van der Waals surface area contributed by atoms with E-state index in [1.165, 1.54) is 43.2 Å². The molecule has 0 amide bonds. The Bertz CT molecular complexity index is 356. The van der Waals surface area contributed by atoms with Crippen molar-refractivity contribution < 1.29 is 0 Å². The van der Waals surface area contributed by atoms with E-state index in [9.17, 15) is 0 Å². The molecule has 88 valence electrons. The summed E-state index contributed by atoms with van der Waals surface area (Å²) in [5.41, 5.74) is 8.88. The first-order valence-electron chi connectivity index (χ1n) is 6.20. The Labute approximate surface area is 103 Å². The van der Waals surface area contributed by atoms with Gasteiger partial charge < -0.3 is 5.73 Å². The predicted molar refractivity (Wildman–Crippen MR) is 69.7 cm³/mol. The predicted octanol–water partition coefficient (Wildman–Crippen LogP) is 4.23. The first-order valence-corrected chi connectivity index (χ1v) is 6.58. The van der Waals surface area contributed by atoms with Crippen molar-refractivity contribution in [2.24, 2.45) is 11.7 Å².